The van der Waals surface area contributed by atoms with Gasteiger partial charge in [0, 0.05) is 11.4 Å². The van der Waals surface area contributed by atoms with E-state index >= 15 is 0 Å². The van der Waals surface area contributed by atoms with Crippen molar-refractivity contribution in [1.82, 2.24) is 10.4 Å². The number of nitrogens with two attached hydrogens (primary N) is 1. The molecule has 4 heteroatoms. The number of aryl methyl sites for hydroxylation is 2. The number of pyridine rings is 1. The smallest absolute Gasteiger partial charge is 0.119 e. The summed E-state index contributed by atoms with van der Waals surface area (Å²) in [5, 5.41) is 0. The molecular formula is C16H21N3O. The largest absolute Gasteiger partial charge is 0.494 e. The number of benzene rings is 1. The molecule has 0 radical (unpaired) electrons. The average molecular weight is 271 g/mol. The number of hydrogen-bond acceptors (Lipinski definition) is 4. The topological polar surface area (TPSA) is 60.2 Å². The van der Waals surface area contributed by atoms with Crippen LogP contribution in [0.1, 0.15) is 35.5 Å². The quantitative estimate of drug-likeness (QED) is 0.648. The van der Waals surface area contributed by atoms with Crippen molar-refractivity contribution in [3.8, 4) is 5.75 Å². The Morgan fingerprint density at radius 1 is 1.10 bits per heavy atom. The highest BCUT2D eigenvalue weighted by Crippen LogP contribution is 2.24. The number of aromatic nitrogens is 1. The number of nitrogens with one attached hydrogen (secondary N) is 1. The minimum Gasteiger partial charge on any atom is -0.494 e. The molecule has 0 bridgehead atoms. The fraction of sp³-hybridized carbons (Fsp3) is 0.312. The SMILES string of the molecule is CCOc1ccc(C(NN)c2cc(C)nc(C)c2)cc1. The Kier molecular flexibility index (Phi) is 4.71. The highest BCUT2D eigenvalue weighted by atomic mass is 16.5. The first-order valence-electron chi connectivity index (χ1n) is 6.78. The summed E-state index contributed by atoms with van der Waals surface area (Å²) in [6, 6.07) is 12.0. The van der Waals surface area contributed by atoms with Crippen LogP contribution in [0.3, 0.4) is 0 Å². The van der Waals surface area contributed by atoms with E-state index in [0.717, 1.165) is 28.3 Å². The van der Waals surface area contributed by atoms with Crippen molar-refractivity contribution in [3.63, 3.8) is 0 Å². The van der Waals surface area contributed by atoms with Crippen LogP contribution in [0, 0.1) is 13.8 Å². The Balaban J connectivity index is 2.31. The maximum absolute atomic E-state index is 5.73. The summed E-state index contributed by atoms with van der Waals surface area (Å²) in [6.45, 7) is 6.62. The van der Waals surface area contributed by atoms with Crippen LogP contribution in [-0.4, -0.2) is 11.6 Å². The second-order valence-corrected chi connectivity index (χ2v) is 4.78. The Hall–Kier alpha value is -1.91. The van der Waals surface area contributed by atoms with Crippen molar-refractivity contribution in [1.29, 1.82) is 0 Å². The normalized spacial score (nSPS) is 12.2. The maximum atomic E-state index is 5.73. The molecule has 2 aromatic rings. The number of rotatable bonds is 5. The van der Waals surface area contributed by atoms with Crippen LogP contribution in [0.2, 0.25) is 0 Å². The summed E-state index contributed by atoms with van der Waals surface area (Å²) < 4.78 is 5.46. The lowest BCUT2D eigenvalue weighted by molar-refractivity contribution is 0.340. The predicted octanol–water partition coefficient (Wildman–Crippen LogP) is 2.65. The number of ether oxygens (including phenoxy) is 1. The fourth-order valence-electron chi connectivity index (χ4n) is 2.34. The Labute approximate surface area is 120 Å². The van der Waals surface area contributed by atoms with Crippen LogP contribution >= 0.6 is 0 Å². The number of nitrogens with zero attached hydrogens (tertiary/aromatic N) is 1. The van der Waals surface area contributed by atoms with Gasteiger partial charge in [-0.2, -0.15) is 0 Å². The van der Waals surface area contributed by atoms with Gasteiger partial charge in [0.15, 0.2) is 0 Å². The van der Waals surface area contributed by atoms with Gasteiger partial charge < -0.3 is 4.74 Å². The van der Waals surface area contributed by atoms with Gasteiger partial charge in [-0.25, -0.2) is 5.43 Å². The predicted molar refractivity (Wildman–Crippen MR) is 80.5 cm³/mol. The molecule has 0 spiro atoms. The van der Waals surface area contributed by atoms with Gasteiger partial charge in [0.05, 0.1) is 12.6 Å². The van der Waals surface area contributed by atoms with Crippen molar-refractivity contribution < 1.29 is 4.74 Å². The lowest BCUT2D eigenvalue weighted by atomic mass is 9.98. The first-order chi connectivity index (χ1) is 9.63. The fourth-order valence-corrected chi connectivity index (χ4v) is 2.34. The van der Waals surface area contributed by atoms with Crippen molar-refractivity contribution >= 4 is 0 Å². The third-order valence-corrected chi connectivity index (χ3v) is 3.13. The molecule has 0 fully saturated rings. The standard InChI is InChI=1S/C16H21N3O/c1-4-20-15-7-5-13(6-8-15)16(19-17)14-9-11(2)18-12(3)10-14/h5-10,16,19H,4,17H2,1-3H3. The molecule has 0 amide bonds. The van der Waals surface area contributed by atoms with Gasteiger partial charge >= 0.3 is 0 Å². The average Bonchev–Trinajstić information content (AvgIpc) is 2.41. The summed E-state index contributed by atoms with van der Waals surface area (Å²) in [5.41, 5.74) is 7.07. The summed E-state index contributed by atoms with van der Waals surface area (Å²) in [6.07, 6.45) is 0. The molecule has 1 aromatic carbocycles. The second kappa shape index (κ2) is 6.50. The van der Waals surface area contributed by atoms with E-state index < -0.39 is 0 Å². The van der Waals surface area contributed by atoms with Gasteiger partial charge in [-0.05, 0) is 56.2 Å². The van der Waals surface area contributed by atoms with Gasteiger partial charge in [-0.1, -0.05) is 12.1 Å². The molecule has 1 unspecified atom stereocenters. The van der Waals surface area contributed by atoms with Gasteiger partial charge in [-0.15, -0.1) is 0 Å². The molecule has 3 N–H and O–H groups in total. The van der Waals surface area contributed by atoms with E-state index in [9.17, 15) is 0 Å². The van der Waals surface area contributed by atoms with Crippen molar-refractivity contribution in [2.24, 2.45) is 5.84 Å². The zero-order chi connectivity index (χ0) is 14.5. The second-order valence-electron chi connectivity index (χ2n) is 4.78. The first kappa shape index (κ1) is 14.5. The van der Waals surface area contributed by atoms with Crippen molar-refractivity contribution in [2.45, 2.75) is 26.8 Å². The van der Waals surface area contributed by atoms with Crippen molar-refractivity contribution in [2.75, 3.05) is 6.61 Å². The highest BCUT2D eigenvalue weighted by molar-refractivity contribution is 5.36. The molecule has 0 aliphatic heterocycles. The van der Waals surface area contributed by atoms with E-state index in [4.69, 9.17) is 10.6 Å². The first-order valence-corrected chi connectivity index (χ1v) is 6.78. The molecule has 1 aromatic heterocycles. The molecular weight excluding hydrogens is 250 g/mol. The van der Waals surface area contributed by atoms with Gasteiger partial charge in [0.1, 0.15) is 5.75 Å². The Bertz CT molecular complexity index is 546. The van der Waals surface area contributed by atoms with Crippen LogP contribution in [0.15, 0.2) is 36.4 Å². The minimum atomic E-state index is -0.0499. The van der Waals surface area contributed by atoms with Gasteiger partial charge in [0.2, 0.25) is 0 Å². The number of hydrazine groups is 1. The van der Waals surface area contributed by atoms with Crippen LogP contribution in [0.5, 0.6) is 5.75 Å². The molecule has 0 aliphatic rings. The van der Waals surface area contributed by atoms with E-state index in [1.54, 1.807) is 0 Å². The van der Waals surface area contributed by atoms with Crippen LogP contribution in [0.4, 0.5) is 0 Å². The molecule has 2 rings (SSSR count). The van der Waals surface area contributed by atoms with Crippen molar-refractivity contribution in [3.05, 3.63) is 58.9 Å². The summed E-state index contributed by atoms with van der Waals surface area (Å²) in [7, 11) is 0. The molecule has 0 saturated carbocycles. The molecule has 0 aliphatic carbocycles. The summed E-state index contributed by atoms with van der Waals surface area (Å²) >= 11 is 0. The van der Waals surface area contributed by atoms with E-state index in [-0.39, 0.29) is 6.04 Å². The minimum absolute atomic E-state index is 0.0499. The molecule has 1 atom stereocenters. The summed E-state index contributed by atoms with van der Waals surface area (Å²) in [4.78, 5) is 4.39. The van der Waals surface area contributed by atoms with Gasteiger partial charge in [-0.3, -0.25) is 10.8 Å². The lowest BCUT2D eigenvalue weighted by Gasteiger charge is -2.18. The van der Waals surface area contributed by atoms with Gasteiger partial charge in [0.25, 0.3) is 0 Å². The molecule has 1 heterocycles. The Morgan fingerprint density at radius 3 is 2.20 bits per heavy atom. The number of hydrogen-bond donors (Lipinski definition) is 2. The van der Waals surface area contributed by atoms with Crippen LogP contribution in [-0.2, 0) is 0 Å². The monoisotopic (exact) mass is 271 g/mol. The molecule has 4 nitrogen and oxygen atoms in total. The zero-order valence-electron chi connectivity index (χ0n) is 12.2. The van der Waals surface area contributed by atoms with E-state index in [0.29, 0.717) is 6.61 Å². The van der Waals surface area contributed by atoms with E-state index in [2.05, 4.69) is 10.4 Å². The van der Waals surface area contributed by atoms with E-state index in [1.807, 2.05) is 57.2 Å². The lowest BCUT2D eigenvalue weighted by Crippen LogP contribution is -2.29. The van der Waals surface area contributed by atoms with Crippen LogP contribution < -0.4 is 16.0 Å². The maximum Gasteiger partial charge on any atom is 0.119 e. The zero-order valence-corrected chi connectivity index (χ0v) is 12.2. The molecule has 0 saturated heterocycles. The third kappa shape index (κ3) is 3.35. The van der Waals surface area contributed by atoms with Crippen LogP contribution in [0.25, 0.3) is 0 Å². The third-order valence-electron chi connectivity index (χ3n) is 3.13. The van der Waals surface area contributed by atoms with E-state index in [1.165, 1.54) is 0 Å². The molecule has 20 heavy (non-hydrogen) atoms. The summed E-state index contributed by atoms with van der Waals surface area (Å²) in [5.74, 6) is 6.60. The highest BCUT2D eigenvalue weighted by Gasteiger charge is 2.13. The molecule has 106 valence electrons. The Morgan fingerprint density at radius 2 is 1.70 bits per heavy atom.